The molecular formula is C34H52O5. The molecule has 218 valence electrons. The molecule has 0 N–H and O–H groups in total. The van der Waals surface area contributed by atoms with Crippen molar-refractivity contribution in [2.45, 2.75) is 119 Å². The van der Waals surface area contributed by atoms with Crippen LogP contribution in [0.15, 0.2) is 12.2 Å². The summed E-state index contributed by atoms with van der Waals surface area (Å²) in [4.78, 5) is 37.5. The molecule has 5 heteroatoms. The van der Waals surface area contributed by atoms with Crippen molar-refractivity contribution in [1.29, 1.82) is 0 Å². The molecule has 0 aromatic heterocycles. The van der Waals surface area contributed by atoms with E-state index in [0.29, 0.717) is 42.6 Å². The lowest BCUT2D eigenvalue weighted by atomic mass is 9.32. The van der Waals surface area contributed by atoms with Gasteiger partial charge in [0.05, 0.1) is 6.61 Å². The summed E-state index contributed by atoms with van der Waals surface area (Å²) in [6.45, 7) is 21.9. The first kappa shape index (κ1) is 28.9. The Labute approximate surface area is 236 Å². The number of carbonyl (C=O) groups excluding carboxylic acids is 3. The van der Waals surface area contributed by atoms with Crippen LogP contribution in [0.3, 0.4) is 0 Å². The van der Waals surface area contributed by atoms with E-state index in [1.54, 1.807) is 0 Å². The molecule has 10 atom stereocenters. The first-order valence-electron chi connectivity index (χ1n) is 15.5. The maximum absolute atomic E-state index is 13.6. The van der Waals surface area contributed by atoms with E-state index in [1.165, 1.54) is 25.8 Å². The molecule has 5 aliphatic rings. The standard InChI is InChI=1S/C34H52O5/c1-20(2)23-12-15-34(19-38-21(3)35)17-16-32(8)24(28(23)34)10-11-27-31(7)18-25(39-22(4)36)29(37)30(5,6)26(31)13-14-33(27,32)9/h23-28H,1,10-19H2,2-9H3/t23-,24+,25?,26-,27+,28+,31-,32+,33+,34+/m0/s1. The molecule has 0 spiro atoms. The van der Waals surface area contributed by atoms with Crippen molar-refractivity contribution in [3.8, 4) is 0 Å². The molecule has 1 unspecified atom stereocenters. The minimum atomic E-state index is -0.642. The van der Waals surface area contributed by atoms with Crippen molar-refractivity contribution in [2.75, 3.05) is 6.61 Å². The highest BCUT2D eigenvalue weighted by Crippen LogP contribution is 2.77. The number of Topliss-reactive ketones (excluding diaryl/α,β-unsaturated/α-hetero) is 1. The zero-order chi connectivity index (χ0) is 28.8. The number of ketones is 1. The fourth-order valence-corrected chi connectivity index (χ4v) is 12.0. The van der Waals surface area contributed by atoms with E-state index in [2.05, 4.69) is 48.1 Å². The van der Waals surface area contributed by atoms with Gasteiger partial charge in [0, 0.05) is 24.7 Å². The van der Waals surface area contributed by atoms with E-state index < -0.39 is 11.5 Å². The summed E-state index contributed by atoms with van der Waals surface area (Å²) in [5.74, 6) is 1.89. The topological polar surface area (TPSA) is 69.7 Å². The first-order valence-corrected chi connectivity index (χ1v) is 15.5. The molecule has 0 radical (unpaired) electrons. The number of hydrogen-bond acceptors (Lipinski definition) is 5. The van der Waals surface area contributed by atoms with E-state index in [0.717, 1.165) is 44.9 Å². The highest BCUT2D eigenvalue weighted by molar-refractivity contribution is 5.91. The summed E-state index contributed by atoms with van der Waals surface area (Å²) < 4.78 is 11.5. The van der Waals surface area contributed by atoms with E-state index in [-0.39, 0.29) is 39.4 Å². The van der Waals surface area contributed by atoms with Crippen LogP contribution in [-0.2, 0) is 23.9 Å². The van der Waals surface area contributed by atoms with Gasteiger partial charge in [0.15, 0.2) is 11.9 Å². The van der Waals surface area contributed by atoms with Gasteiger partial charge in [0.25, 0.3) is 0 Å². The fraction of sp³-hybridized carbons (Fsp3) is 0.853. The van der Waals surface area contributed by atoms with Gasteiger partial charge in [0.2, 0.25) is 0 Å². The lowest BCUT2D eigenvalue weighted by Gasteiger charge is -2.72. The molecule has 0 amide bonds. The fourth-order valence-electron chi connectivity index (χ4n) is 12.0. The third-order valence-corrected chi connectivity index (χ3v) is 13.8. The lowest BCUT2D eigenvalue weighted by Crippen LogP contribution is -2.68. The number of esters is 2. The number of hydrogen-bond donors (Lipinski definition) is 0. The van der Waals surface area contributed by atoms with Crippen molar-refractivity contribution in [3.63, 3.8) is 0 Å². The Morgan fingerprint density at radius 1 is 0.846 bits per heavy atom. The van der Waals surface area contributed by atoms with Gasteiger partial charge in [-0.25, -0.2) is 0 Å². The summed E-state index contributed by atoms with van der Waals surface area (Å²) in [5.41, 5.74) is 1.07. The second-order valence-electron chi connectivity index (χ2n) is 15.7. The van der Waals surface area contributed by atoms with E-state index >= 15 is 0 Å². The van der Waals surface area contributed by atoms with Gasteiger partial charge < -0.3 is 9.47 Å². The Morgan fingerprint density at radius 3 is 2.15 bits per heavy atom. The van der Waals surface area contributed by atoms with Gasteiger partial charge in [-0.15, -0.1) is 0 Å². The first-order chi connectivity index (χ1) is 18.0. The van der Waals surface area contributed by atoms with Gasteiger partial charge in [-0.05, 0) is 111 Å². The Balaban J connectivity index is 1.54. The SMILES string of the molecule is C=C(C)[C@@H]1CC[C@]2(COC(C)=O)CC[C@]3(C)[C@H](CC[C@@H]4[C@@]5(C)CC(OC(C)=O)C(=O)C(C)(C)[C@@H]5CC[C@]43C)[C@@H]12. The molecule has 5 nitrogen and oxygen atoms in total. The highest BCUT2D eigenvalue weighted by Gasteiger charge is 2.72. The van der Waals surface area contributed by atoms with Gasteiger partial charge in [-0.1, -0.05) is 46.8 Å². The maximum Gasteiger partial charge on any atom is 0.303 e. The lowest BCUT2D eigenvalue weighted by molar-refractivity contribution is -0.244. The van der Waals surface area contributed by atoms with Crippen molar-refractivity contribution in [2.24, 2.45) is 56.7 Å². The Bertz CT molecular complexity index is 1080. The van der Waals surface area contributed by atoms with Crippen molar-refractivity contribution in [1.82, 2.24) is 0 Å². The summed E-state index contributed by atoms with van der Waals surface area (Å²) in [6.07, 6.45) is 9.03. The Hall–Kier alpha value is -1.65. The largest absolute Gasteiger partial charge is 0.465 e. The third-order valence-electron chi connectivity index (χ3n) is 13.8. The zero-order valence-electron chi connectivity index (χ0n) is 25.8. The average molecular weight is 541 g/mol. The quantitative estimate of drug-likeness (QED) is 0.276. The minimum Gasteiger partial charge on any atom is -0.465 e. The molecule has 5 aliphatic carbocycles. The van der Waals surface area contributed by atoms with Gasteiger partial charge >= 0.3 is 11.9 Å². The smallest absolute Gasteiger partial charge is 0.303 e. The molecular weight excluding hydrogens is 488 g/mol. The van der Waals surface area contributed by atoms with Crippen LogP contribution in [0.1, 0.15) is 113 Å². The Kier molecular flexibility index (Phi) is 6.79. The van der Waals surface area contributed by atoms with Crippen LogP contribution in [0, 0.1) is 56.7 Å². The van der Waals surface area contributed by atoms with Gasteiger partial charge in [-0.2, -0.15) is 0 Å². The van der Waals surface area contributed by atoms with E-state index in [9.17, 15) is 14.4 Å². The second kappa shape index (κ2) is 9.18. The van der Waals surface area contributed by atoms with Crippen molar-refractivity contribution >= 4 is 17.7 Å². The highest BCUT2D eigenvalue weighted by atomic mass is 16.5. The number of fused-ring (bicyclic) bond motifs is 7. The molecule has 0 heterocycles. The van der Waals surface area contributed by atoms with Crippen molar-refractivity contribution < 1.29 is 23.9 Å². The number of ether oxygens (including phenoxy) is 2. The monoisotopic (exact) mass is 540 g/mol. The molecule has 0 aromatic rings. The van der Waals surface area contributed by atoms with Crippen LogP contribution >= 0.6 is 0 Å². The van der Waals surface area contributed by atoms with Crippen LogP contribution in [0.4, 0.5) is 0 Å². The molecule has 0 aromatic carbocycles. The van der Waals surface area contributed by atoms with Gasteiger partial charge in [-0.3, -0.25) is 14.4 Å². The van der Waals surface area contributed by atoms with Crippen LogP contribution in [0.25, 0.3) is 0 Å². The summed E-state index contributed by atoms with van der Waals surface area (Å²) in [5, 5.41) is 0. The molecule has 5 saturated carbocycles. The maximum atomic E-state index is 13.6. The molecule has 0 aliphatic heterocycles. The minimum absolute atomic E-state index is 0.0590. The molecule has 39 heavy (non-hydrogen) atoms. The summed E-state index contributed by atoms with van der Waals surface area (Å²) >= 11 is 0. The normalized spacial score (nSPS) is 48.2. The van der Waals surface area contributed by atoms with Crippen LogP contribution in [0.5, 0.6) is 0 Å². The van der Waals surface area contributed by atoms with Crippen LogP contribution < -0.4 is 0 Å². The molecule has 0 bridgehead atoms. The van der Waals surface area contributed by atoms with Gasteiger partial charge in [0.1, 0.15) is 0 Å². The third kappa shape index (κ3) is 3.94. The van der Waals surface area contributed by atoms with Crippen LogP contribution in [0.2, 0.25) is 0 Å². The predicted octanol–water partition coefficient (Wildman–Crippen LogP) is 7.32. The zero-order valence-corrected chi connectivity index (χ0v) is 25.8. The molecule has 0 saturated heterocycles. The van der Waals surface area contributed by atoms with Crippen molar-refractivity contribution in [3.05, 3.63) is 12.2 Å². The molecule has 5 fully saturated rings. The molecule has 5 rings (SSSR count). The summed E-state index contributed by atoms with van der Waals surface area (Å²) in [7, 11) is 0. The summed E-state index contributed by atoms with van der Waals surface area (Å²) in [6, 6.07) is 0. The van der Waals surface area contributed by atoms with E-state index in [4.69, 9.17) is 9.47 Å². The second-order valence-corrected chi connectivity index (χ2v) is 15.7. The van der Waals surface area contributed by atoms with Crippen LogP contribution in [-0.4, -0.2) is 30.4 Å². The number of carbonyl (C=O) groups is 3. The number of allylic oxidation sites excluding steroid dienone is 1. The average Bonchev–Trinajstić information content (AvgIpc) is 3.21. The predicted molar refractivity (Wildman–Crippen MR) is 152 cm³/mol. The number of rotatable bonds is 4. The van der Waals surface area contributed by atoms with E-state index in [1.807, 2.05) is 0 Å². The Morgan fingerprint density at radius 2 is 1.54 bits per heavy atom.